The average molecular weight is 543 g/mol. The number of rotatable bonds is 11. The molecule has 1 atom stereocenters. The van der Waals surface area contributed by atoms with Crippen LogP contribution in [0.2, 0.25) is 0 Å². The lowest BCUT2D eigenvalue weighted by atomic mass is 10.2. The third-order valence-corrected chi connectivity index (χ3v) is 7.54. The highest BCUT2D eigenvalue weighted by molar-refractivity contribution is 9.10. The average Bonchev–Trinajstić information content (AvgIpc) is 2.81. The van der Waals surface area contributed by atoms with Crippen molar-refractivity contribution in [3.8, 4) is 0 Å². The van der Waals surface area contributed by atoms with Crippen molar-refractivity contribution < 1.29 is 18.3 Å². The van der Waals surface area contributed by atoms with Crippen molar-refractivity contribution in [1.29, 1.82) is 0 Å². The van der Waals surface area contributed by atoms with Crippen LogP contribution in [0.4, 0.5) is 17.5 Å². The molecule has 0 bridgehead atoms. The van der Waals surface area contributed by atoms with Gasteiger partial charge in [-0.05, 0) is 47.0 Å². The van der Waals surface area contributed by atoms with Gasteiger partial charge in [-0.15, -0.1) is 0 Å². The second kappa shape index (κ2) is 12.0. The molecule has 2 aromatic rings. The normalized spacial score (nSPS) is 15.9. The highest BCUT2D eigenvalue weighted by atomic mass is 79.9. The van der Waals surface area contributed by atoms with Gasteiger partial charge in [0.05, 0.1) is 35.2 Å². The third kappa shape index (κ3) is 7.33. The molecule has 1 aliphatic rings. The van der Waals surface area contributed by atoms with Crippen LogP contribution < -0.4 is 15.4 Å². The molecule has 10 nitrogen and oxygen atoms in total. The number of hydrogen-bond acceptors (Lipinski definition) is 9. The summed E-state index contributed by atoms with van der Waals surface area (Å²) in [6.07, 6.45) is 2.33. The van der Waals surface area contributed by atoms with Gasteiger partial charge in [0.2, 0.25) is 16.0 Å². The largest absolute Gasteiger partial charge is 0.394 e. The summed E-state index contributed by atoms with van der Waals surface area (Å²) < 4.78 is 34.5. The van der Waals surface area contributed by atoms with Gasteiger partial charge in [-0.25, -0.2) is 18.1 Å². The van der Waals surface area contributed by atoms with Crippen molar-refractivity contribution in [1.82, 2.24) is 19.6 Å². The monoisotopic (exact) mass is 542 g/mol. The van der Waals surface area contributed by atoms with E-state index in [0.717, 1.165) is 19.5 Å². The molecule has 2 heterocycles. The van der Waals surface area contributed by atoms with E-state index >= 15 is 0 Å². The van der Waals surface area contributed by atoms with Gasteiger partial charge in [0, 0.05) is 38.1 Å². The molecule has 0 aliphatic carbocycles. The first-order valence-corrected chi connectivity index (χ1v) is 13.2. The van der Waals surface area contributed by atoms with Crippen LogP contribution >= 0.6 is 15.9 Å². The molecule has 1 aromatic heterocycles. The second-order valence-electron chi connectivity index (χ2n) is 7.78. The topological polar surface area (TPSA) is 129 Å². The van der Waals surface area contributed by atoms with E-state index in [2.05, 4.69) is 46.2 Å². The molecule has 1 fully saturated rings. The summed E-state index contributed by atoms with van der Waals surface area (Å²) in [7, 11) is -3.68. The van der Waals surface area contributed by atoms with Gasteiger partial charge >= 0.3 is 0 Å². The lowest BCUT2D eigenvalue weighted by Crippen LogP contribution is -2.41. The van der Waals surface area contributed by atoms with Gasteiger partial charge in [0.25, 0.3) is 0 Å². The van der Waals surface area contributed by atoms with Gasteiger partial charge < -0.3 is 20.5 Å². The Bertz CT molecular complexity index is 1030. The van der Waals surface area contributed by atoms with Crippen LogP contribution in [0.5, 0.6) is 0 Å². The molecule has 3 rings (SSSR count). The van der Waals surface area contributed by atoms with Gasteiger partial charge in [-0.3, -0.25) is 4.90 Å². The lowest BCUT2D eigenvalue weighted by molar-refractivity contribution is 0.0390. The number of benzene rings is 1. The molecule has 1 aromatic carbocycles. The predicted molar refractivity (Wildman–Crippen MR) is 131 cm³/mol. The Morgan fingerprint density at radius 3 is 2.76 bits per heavy atom. The van der Waals surface area contributed by atoms with Crippen LogP contribution in [0.3, 0.4) is 0 Å². The smallest absolute Gasteiger partial charge is 0.240 e. The molecule has 33 heavy (non-hydrogen) atoms. The molecular formula is C21H31BrN6O4S. The number of ether oxygens (including phenoxy) is 1. The van der Waals surface area contributed by atoms with Crippen LogP contribution in [-0.4, -0.2) is 80.4 Å². The Morgan fingerprint density at radius 2 is 2.06 bits per heavy atom. The van der Waals surface area contributed by atoms with Crippen LogP contribution in [0.1, 0.15) is 18.9 Å². The number of nitrogens with zero attached hydrogens (tertiary/aromatic N) is 3. The van der Waals surface area contributed by atoms with Gasteiger partial charge in [-0.2, -0.15) is 4.98 Å². The van der Waals surface area contributed by atoms with Gasteiger partial charge in [0.1, 0.15) is 5.82 Å². The Balaban J connectivity index is 1.70. The van der Waals surface area contributed by atoms with Crippen molar-refractivity contribution in [2.45, 2.75) is 31.2 Å². The van der Waals surface area contributed by atoms with E-state index in [-0.39, 0.29) is 17.5 Å². The number of aliphatic hydroxyl groups excluding tert-OH is 1. The van der Waals surface area contributed by atoms with Gasteiger partial charge in [-0.1, -0.05) is 13.0 Å². The highest BCUT2D eigenvalue weighted by Crippen LogP contribution is 2.25. The fourth-order valence-electron chi connectivity index (χ4n) is 3.34. The summed E-state index contributed by atoms with van der Waals surface area (Å²) in [6, 6.07) is 4.97. The first-order chi connectivity index (χ1) is 15.8. The zero-order valence-corrected chi connectivity index (χ0v) is 21.2. The third-order valence-electron chi connectivity index (χ3n) is 5.36. The quantitative estimate of drug-likeness (QED) is 0.337. The molecule has 1 saturated heterocycles. The van der Waals surface area contributed by atoms with Crippen LogP contribution in [0.25, 0.3) is 0 Å². The summed E-state index contributed by atoms with van der Waals surface area (Å²) in [5, 5.41) is 15.7. The first-order valence-electron chi connectivity index (χ1n) is 10.9. The number of aromatic nitrogens is 2. The summed E-state index contributed by atoms with van der Waals surface area (Å²) in [5.41, 5.74) is 1.20. The van der Waals surface area contributed by atoms with Crippen molar-refractivity contribution in [2.24, 2.45) is 0 Å². The van der Waals surface area contributed by atoms with E-state index in [1.165, 1.54) is 0 Å². The highest BCUT2D eigenvalue weighted by Gasteiger charge is 2.19. The molecule has 12 heteroatoms. The van der Waals surface area contributed by atoms with Crippen LogP contribution in [0.15, 0.2) is 33.8 Å². The summed E-state index contributed by atoms with van der Waals surface area (Å²) >= 11 is 3.41. The van der Waals surface area contributed by atoms with Crippen molar-refractivity contribution in [3.05, 3.63) is 34.4 Å². The number of anilines is 3. The van der Waals surface area contributed by atoms with Gasteiger partial charge in [0.15, 0.2) is 0 Å². The number of sulfonamides is 1. The number of aliphatic hydroxyl groups is 1. The van der Waals surface area contributed by atoms with E-state index in [0.29, 0.717) is 53.8 Å². The molecule has 182 valence electrons. The minimum atomic E-state index is -3.68. The lowest BCUT2D eigenvalue weighted by Gasteiger charge is -2.26. The number of hydrogen-bond donors (Lipinski definition) is 4. The molecular weight excluding hydrogens is 512 g/mol. The van der Waals surface area contributed by atoms with E-state index < -0.39 is 10.0 Å². The van der Waals surface area contributed by atoms with E-state index in [1.54, 1.807) is 31.3 Å². The SMILES string of the molecule is CC[C@H](CO)Nc1nc(Nc2ccc(C)c(S(=O)(=O)NCCN3CCOCC3)c2)ncc1Br. The van der Waals surface area contributed by atoms with Crippen molar-refractivity contribution in [3.63, 3.8) is 0 Å². The maximum absolute atomic E-state index is 12.9. The van der Waals surface area contributed by atoms with Crippen LogP contribution in [0, 0.1) is 6.92 Å². The maximum atomic E-state index is 12.9. The van der Waals surface area contributed by atoms with E-state index in [1.807, 2.05) is 6.92 Å². The molecule has 4 N–H and O–H groups in total. The Morgan fingerprint density at radius 1 is 1.30 bits per heavy atom. The van der Waals surface area contributed by atoms with E-state index in [9.17, 15) is 13.5 Å². The molecule has 0 amide bonds. The number of nitrogens with one attached hydrogen (secondary N) is 3. The maximum Gasteiger partial charge on any atom is 0.240 e. The standard InChI is InChI=1S/C21H31BrN6O4S/c1-3-16(14-29)25-20-18(22)13-23-21(27-20)26-17-5-4-15(2)19(12-17)33(30,31)24-6-7-28-8-10-32-11-9-28/h4-5,12-13,16,24,29H,3,6-11,14H2,1-2H3,(H2,23,25,26,27)/t16-/m1/s1. The van der Waals surface area contributed by atoms with Crippen molar-refractivity contribution in [2.75, 3.05) is 56.6 Å². The minimum Gasteiger partial charge on any atom is -0.394 e. The summed E-state index contributed by atoms with van der Waals surface area (Å²) in [4.78, 5) is 11.1. The number of halogens is 1. The van der Waals surface area contributed by atoms with Crippen LogP contribution in [-0.2, 0) is 14.8 Å². The zero-order valence-electron chi connectivity index (χ0n) is 18.8. The molecule has 0 radical (unpaired) electrons. The first kappa shape index (κ1) is 25.8. The number of morpholine rings is 1. The number of aryl methyl sites for hydroxylation is 1. The zero-order chi connectivity index (χ0) is 23.8. The molecule has 0 spiro atoms. The summed E-state index contributed by atoms with van der Waals surface area (Å²) in [6.45, 7) is 7.63. The Hall–Kier alpha value is -1.83. The Kier molecular flexibility index (Phi) is 9.41. The fraction of sp³-hybridized carbons (Fsp3) is 0.524. The molecule has 0 saturated carbocycles. The minimum absolute atomic E-state index is 0.0204. The second-order valence-corrected chi connectivity index (χ2v) is 10.4. The molecule has 0 unspecified atom stereocenters. The fourth-order valence-corrected chi connectivity index (χ4v) is 4.93. The predicted octanol–water partition coefficient (Wildman–Crippen LogP) is 2.08. The molecule has 1 aliphatic heterocycles. The summed E-state index contributed by atoms with van der Waals surface area (Å²) in [5.74, 6) is 0.846. The van der Waals surface area contributed by atoms with Crippen molar-refractivity contribution >= 4 is 43.4 Å². The van der Waals surface area contributed by atoms with E-state index in [4.69, 9.17) is 4.74 Å². The Labute approximate surface area is 203 Å².